The Hall–Kier alpha value is -4.77. The maximum Gasteiger partial charge on any atom is 0.264 e. The molecule has 3 aliphatic rings. The summed E-state index contributed by atoms with van der Waals surface area (Å²) in [5.41, 5.74) is 6.34. The number of hydrogen-bond donors (Lipinski definition) is 2. The molecule has 10 heteroatoms. The number of H-pyrrole nitrogens is 1. The molecule has 2 unspecified atom stereocenters. The Bertz CT molecular complexity index is 1760. The van der Waals surface area contributed by atoms with Crippen molar-refractivity contribution in [2.45, 2.75) is 24.9 Å². The van der Waals surface area contributed by atoms with Crippen LogP contribution >= 0.6 is 0 Å². The number of nitriles is 1. The first kappa shape index (κ1) is 26.1. The molecule has 4 aromatic rings. The number of carbonyl (C=O) groups is 1. The van der Waals surface area contributed by atoms with Crippen LogP contribution in [0.2, 0.25) is 0 Å². The van der Waals surface area contributed by atoms with Crippen LogP contribution in [-0.4, -0.2) is 81.3 Å². The van der Waals surface area contributed by atoms with Gasteiger partial charge in [0, 0.05) is 43.0 Å². The molecule has 0 radical (unpaired) electrons. The van der Waals surface area contributed by atoms with Crippen molar-refractivity contribution in [2.24, 2.45) is 5.41 Å². The molecule has 4 heterocycles. The third-order valence-electron chi connectivity index (χ3n) is 8.91. The van der Waals surface area contributed by atoms with E-state index >= 15 is 0 Å². The van der Waals surface area contributed by atoms with E-state index in [1.165, 1.54) is 6.33 Å². The third-order valence-corrected chi connectivity index (χ3v) is 8.91. The molecule has 3 fully saturated rings. The summed E-state index contributed by atoms with van der Waals surface area (Å²) in [5.74, 6) is 2.56. The number of benzene rings is 2. The van der Waals surface area contributed by atoms with E-state index in [1.54, 1.807) is 4.90 Å². The lowest BCUT2D eigenvalue weighted by Gasteiger charge is -2.28. The number of hydrogen-bond acceptors (Lipinski definition) is 8. The predicted molar refractivity (Wildman–Crippen MR) is 156 cm³/mol. The van der Waals surface area contributed by atoms with Crippen LogP contribution in [0.1, 0.15) is 29.9 Å². The van der Waals surface area contributed by atoms with Gasteiger partial charge in [0.05, 0.1) is 30.5 Å². The highest BCUT2D eigenvalue weighted by Gasteiger charge is 2.59. The van der Waals surface area contributed by atoms with Crippen LogP contribution < -0.4 is 4.90 Å². The number of aliphatic hydroxyl groups is 1. The van der Waals surface area contributed by atoms with E-state index in [2.05, 4.69) is 56.1 Å². The average Bonchev–Trinajstić information content (AvgIpc) is 3.34. The number of carbonyl (C=O) groups excluding carboxylic acids is 1. The van der Waals surface area contributed by atoms with Gasteiger partial charge in [-0.1, -0.05) is 18.1 Å². The number of aliphatic hydroxyl groups excluding tert-OH is 1. The van der Waals surface area contributed by atoms with Crippen LogP contribution in [0, 0.1) is 29.1 Å². The smallest absolute Gasteiger partial charge is 0.264 e. The maximum absolute atomic E-state index is 12.4. The number of fused-ring (bicyclic) bond motifs is 1. The molecular formula is C32H29N7O3. The number of amides is 1. The van der Waals surface area contributed by atoms with Gasteiger partial charge in [-0.3, -0.25) is 4.79 Å². The third kappa shape index (κ3) is 4.46. The van der Waals surface area contributed by atoms with E-state index in [4.69, 9.17) is 16.1 Å². The summed E-state index contributed by atoms with van der Waals surface area (Å²) in [7, 11) is 0. The molecule has 1 amide bonds. The van der Waals surface area contributed by atoms with Crippen LogP contribution in [0.25, 0.3) is 33.8 Å². The number of rotatable bonds is 5. The highest BCUT2D eigenvalue weighted by molar-refractivity contribution is 5.89. The number of nitrogens with one attached hydrogen (secondary N) is 1. The Morgan fingerprint density at radius 3 is 2.69 bits per heavy atom. The van der Waals surface area contributed by atoms with Gasteiger partial charge in [0.1, 0.15) is 17.7 Å². The molecule has 1 saturated carbocycles. The van der Waals surface area contributed by atoms with Crippen molar-refractivity contribution in [1.82, 2.24) is 24.8 Å². The topological polar surface area (TPSA) is 131 Å². The van der Waals surface area contributed by atoms with Gasteiger partial charge in [-0.15, -0.1) is 6.42 Å². The summed E-state index contributed by atoms with van der Waals surface area (Å²) in [6.45, 7) is 4.33. The van der Waals surface area contributed by atoms with Gasteiger partial charge >= 0.3 is 0 Å². The minimum Gasteiger partial charge on any atom is -0.378 e. The molecule has 42 heavy (non-hydrogen) atoms. The Kier molecular flexibility index (Phi) is 6.38. The van der Waals surface area contributed by atoms with Gasteiger partial charge in [-0.05, 0) is 60.1 Å². The Labute approximate surface area is 243 Å². The molecule has 0 bridgehead atoms. The molecule has 210 valence electrons. The number of nitrogens with zero attached hydrogens (tertiary/aromatic N) is 6. The molecule has 2 aromatic carbocycles. The molecule has 2 aromatic heterocycles. The van der Waals surface area contributed by atoms with Crippen molar-refractivity contribution < 1.29 is 14.6 Å². The minimum atomic E-state index is -1.41. The summed E-state index contributed by atoms with van der Waals surface area (Å²) in [5, 5.41) is 19.9. The number of anilines is 1. The first-order valence-corrected chi connectivity index (χ1v) is 14.1. The lowest BCUT2D eigenvalue weighted by Crippen LogP contribution is -2.37. The molecule has 2 N–H and O–H groups in total. The molecule has 3 atom stereocenters. The highest BCUT2D eigenvalue weighted by Crippen LogP contribution is 2.64. The Morgan fingerprint density at radius 2 is 1.93 bits per heavy atom. The van der Waals surface area contributed by atoms with Gasteiger partial charge in [0.2, 0.25) is 0 Å². The van der Waals surface area contributed by atoms with E-state index in [-0.39, 0.29) is 11.3 Å². The number of terminal acetylenes is 1. The second kappa shape index (κ2) is 10.3. The zero-order valence-corrected chi connectivity index (χ0v) is 23.0. The number of likely N-dealkylation sites (tertiary alicyclic amines) is 1. The largest absolute Gasteiger partial charge is 0.378 e. The molecule has 10 nitrogen and oxygen atoms in total. The van der Waals surface area contributed by atoms with E-state index in [9.17, 15) is 15.2 Å². The molecule has 2 saturated heterocycles. The second-order valence-electron chi connectivity index (χ2n) is 11.3. The Balaban J connectivity index is 1.14. The number of aromatic nitrogens is 4. The molecule has 1 spiro atoms. The van der Waals surface area contributed by atoms with E-state index in [0.717, 1.165) is 61.5 Å². The molecule has 2 aliphatic heterocycles. The quantitative estimate of drug-likeness (QED) is 0.357. The molecular weight excluding hydrogens is 530 g/mol. The molecule has 7 rings (SSSR count). The number of imidazole rings is 1. The number of ether oxygens (including phenoxy) is 1. The highest BCUT2D eigenvalue weighted by atomic mass is 16.5. The van der Waals surface area contributed by atoms with Crippen molar-refractivity contribution in [3.05, 3.63) is 59.9 Å². The van der Waals surface area contributed by atoms with Crippen molar-refractivity contribution >= 4 is 22.8 Å². The Morgan fingerprint density at radius 1 is 1.14 bits per heavy atom. The van der Waals surface area contributed by atoms with Crippen molar-refractivity contribution in [3.63, 3.8) is 0 Å². The van der Waals surface area contributed by atoms with Crippen molar-refractivity contribution in [1.29, 1.82) is 5.26 Å². The van der Waals surface area contributed by atoms with Crippen LogP contribution in [0.3, 0.4) is 0 Å². The van der Waals surface area contributed by atoms with Crippen molar-refractivity contribution in [3.8, 4) is 41.1 Å². The summed E-state index contributed by atoms with van der Waals surface area (Å²) in [4.78, 5) is 33.4. The zero-order chi connectivity index (χ0) is 28.8. The van der Waals surface area contributed by atoms with Gasteiger partial charge in [0.15, 0.2) is 11.8 Å². The van der Waals surface area contributed by atoms with Crippen LogP contribution in [0.4, 0.5) is 5.69 Å². The standard InChI is InChI=1S/C32H29N7O3/c1-2-26(40)31(41)39-10-9-32(18-39)16-25(32)24-8-5-21(15-22(24)17-33)27-28-30(35-19-34-27)37-29(36-28)20-3-6-23(7-4-20)38-11-13-42-14-12-38/h1,3-8,15,19,25-26,40H,9-14,16,18H2,(H,34,35,36,37)/t25?,26-,32?/m0/s1. The van der Waals surface area contributed by atoms with E-state index < -0.39 is 12.0 Å². The summed E-state index contributed by atoms with van der Waals surface area (Å²) in [6, 6.07) is 16.5. The first-order valence-electron chi connectivity index (χ1n) is 14.1. The summed E-state index contributed by atoms with van der Waals surface area (Å²) >= 11 is 0. The SMILES string of the molecule is C#C[C@H](O)C(=O)N1CCC2(CC2c2ccc(-c3ncnc4nc(-c5ccc(N6CCOCC6)cc5)[nH]c34)cc2C#N)C1. The normalized spacial score (nSPS) is 22.2. The monoisotopic (exact) mass is 559 g/mol. The lowest BCUT2D eigenvalue weighted by molar-refractivity contribution is -0.136. The van der Waals surface area contributed by atoms with Gasteiger partial charge in [-0.25, -0.2) is 15.0 Å². The van der Waals surface area contributed by atoms with Gasteiger partial charge < -0.3 is 24.6 Å². The number of morpholine rings is 1. The van der Waals surface area contributed by atoms with Crippen LogP contribution in [-0.2, 0) is 9.53 Å². The summed E-state index contributed by atoms with van der Waals surface area (Å²) in [6.07, 6.45) is 7.04. The fourth-order valence-electron chi connectivity index (χ4n) is 6.51. The fraction of sp³-hybridized carbons (Fsp3) is 0.344. The fourth-order valence-corrected chi connectivity index (χ4v) is 6.51. The van der Waals surface area contributed by atoms with Crippen LogP contribution in [0.5, 0.6) is 0 Å². The average molecular weight is 560 g/mol. The van der Waals surface area contributed by atoms with Crippen LogP contribution in [0.15, 0.2) is 48.8 Å². The second-order valence-corrected chi connectivity index (χ2v) is 11.3. The van der Waals surface area contributed by atoms with Gasteiger partial charge in [-0.2, -0.15) is 5.26 Å². The lowest BCUT2D eigenvalue weighted by atomic mass is 9.93. The van der Waals surface area contributed by atoms with E-state index in [1.807, 2.05) is 18.2 Å². The molecule has 1 aliphatic carbocycles. The first-order chi connectivity index (χ1) is 20.5. The van der Waals surface area contributed by atoms with E-state index in [0.29, 0.717) is 41.3 Å². The number of aromatic amines is 1. The van der Waals surface area contributed by atoms with Gasteiger partial charge in [0.25, 0.3) is 5.91 Å². The predicted octanol–water partition coefficient (Wildman–Crippen LogP) is 3.10. The maximum atomic E-state index is 12.4. The minimum absolute atomic E-state index is 0.0745. The van der Waals surface area contributed by atoms with Crippen molar-refractivity contribution in [2.75, 3.05) is 44.3 Å². The summed E-state index contributed by atoms with van der Waals surface area (Å²) < 4.78 is 5.46. The zero-order valence-electron chi connectivity index (χ0n) is 23.0.